The van der Waals surface area contributed by atoms with E-state index in [2.05, 4.69) is 17.9 Å². The lowest BCUT2D eigenvalue weighted by Gasteiger charge is -2.34. The number of aryl methyl sites for hydroxylation is 2. The van der Waals surface area contributed by atoms with Crippen molar-refractivity contribution in [2.45, 2.75) is 20.8 Å². The Morgan fingerprint density at radius 1 is 1.11 bits per heavy atom. The predicted octanol–water partition coefficient (Wildman–Crippen LogP) is 2.78. The number of nitrogens with zero attached hydrogens (tertiary/aromatic N) is 2. The molecule has 0 radical (unpaired) electrons. The average molecular weight is 267 g/mol. The summed E-state index contributed by atoms with van der Waals surface area (Å²) in [6.07, 6.45) is 0. The normalized spacial score (nSPS) is 17.0. The van der Waals surface area contributed by atoms with Crippen LogP contribution in [0, 0.1) is 13.8 Å². The van der Waals surface area contributed by atoms with Crippen LogP contribution in [0.15, 0.2) is 12.1 Å². The summed E-state index contributed by atoms with van der Waals surface area (Å²) in [6.45, 7) is 9.14. The van der Waals surface area contributed by atoms with Crippen LogP contribution in [0.3, 0.4) is 0 Å². The first-order valence-electron chi connectivity index (χ1n) is 6.27. The van der Waals surface area contributed by atoms with Crippen molar-refractivity contribution >= 4 is 23.2 Å². The summed E-state index contributed by atoms with van der Waals surface area (Å²) in [5, 5.41) is 0. The Morgan fingerprint density at radius 3 is 2.22 bits per heavy atom. The van der Waals surface area contributed by atoms with Gasteiger partial charge in [-0.15, -0.1) is 0 Å². The van der Waals surface area contributed by atoms with Crippen molar-refractivity contribution in [1.82, 2.24) is 4.42 Å². The van der Waals surface area contributed by atoms with E-state index in [0.717, 1.165) is 37.4 Å². The molecule has 18 heavy (non-hydrogen) atoms. The Hall–Kier alpha value is -1.06. The molecule has 0 atom stereocenters. The molecule has 1 aromatic rings. The zero-order valence-corrected chi connectivity index (χ0v) is 11.9. The molecule has 0 amide bonds. The number of anilines is 1. The molecule has 0 saturated carbocycles. The molecule has 1 fully saturated rings. The molecule has 1 aliphatic rings. The third-order valence-electron chi connectivity index (χ3n) is 3.56. The summed E-state index contributed by atoms with van der Waals surface area (Å²) >= 11 is 5.97. The van der Waals surface area contributed by atoms with E-state index >= 15 is 0 Å². The lowest BCUT2D eigenvalue weighted by atomic mass is 10.0. The highest BCUT2D eigenvalue weighted by atomic mass is 35.5. The van der Waals surface area contributed by atoms with E-state index in [9.17, 15) is 4.79 Å². The van der Waals surface area contributed by atoms with Crippen molar-refractivity contribution in [3.63, 3.8) is 0 Å². The molecule has 3 nitrogen and oxygen atoms in total. The van der Waals surface area contributed by atoms with Gasteiger partial charge in [0.2, 0.25) is 0 Å². The maximum atomic E-state index is 11.8. The summed E-state index contributed by atoms with van der Waals surface area (Å²) in [6, 6.07) is 4.12. The van der Waals surface area contributed by atoms with Gasteiger partial charge >= 0.3 is 0 Å². The predicted molar refractivity (Wildman–Crippen MR) is 75.6 cm³/mol. The first kappa shape index (κ1) is 13.4. The minimum absolute atomic E-state index is 0.126. The largest absolute Gasteiger partial charge is 0.368 e. The number of benzene rings is 1. The van der Waals surface area contributed by atoms with E-state index in [-0.39, 0.29) is 5.78 Å². The van der Waals surface area contributed by atoms with Crippen LogP contribution in [0.5, 0.6) is 0 Å². The van der Waals surface area contributed by atoms with Crippen LogP contribution in [-0.4, -0.2) is 36.4 Å². The van der Waals surface area contributed by atoms with Crippen LogP contribution in [0.1, 0.15) is 28.4 Å². The second kappa shape index (κ2) is 5.29. The number of halogens is 1. The maximum Gasteiger partial charge on any atom is 0.161 e. The minimum atomic E-state index is 0.126. The number of piperazine rings is 1. The molecule has 0 aromatic heterocycles. The van der Waals surface area contributed by atoms with Crippen LogP contribution in [-0.2, 0) is 0 Å². The zero-order valence-electron chi connectivity index (χ0n) is 11.2. The number of hydrogen-bond donors (Lipinski definition) is 0. The zero-order chi connectivity index (χ0) is 13.3. The molecule has 1 saturated heterocycles. The summed E-state index contributed by atoms with van der Waals surface area (Å²) < 4.78 is 1.80. The number of rotatable bonds is 2. The van der Waals surface area contributed by atoms with Gasteiger partial charge in [0.15, 0.2) is 5.78 Å². The number of ketones is 1. The third-order valence-corrected chi connectivity index (χ3v) is 3.90. The minimum Gasteiger partial charge on any atom is -0.368 e. The number of Topliss-reactive ketones (excluding diaryl/α,β-unsaturated/α-hetero) is 1. The fourth-order valence-electron chi connectivity index (χ4n) is 2.27. The van der Waals surface area contributed by atoms with Gasteiger partial charge in [0.1, 0.15) is 0 Å². The maximum absolute atomic E-state index is 11.8. The molecule has 0 aliphatic carbocycles. The van der Waals surface area contributed by atoms with Crippen LogP contribution < -0.4 is 4.90 Å². The SMILES string of the molecule is CC(=O)c1cc(C)c(C)cc1N1CCN(Cl)CC1. The highest BCUT2D eigenvalue weighted by molar-refractivity contribution is 6.13. The Labute approximate surface area is 113 Å². The molecule has 0 N–H and O–H groups in total. The van der Waals surface area contributed by atoms with E-state index in [4.69, 9.17) is 11.8 Å². The molecule has 1 aliphatic heterocycles. The van der Waals surface area contributed by atoms with Crippen LogP contribution in [0.2, 0.25) is 0 Å². The number of hydrogen-bond acceptors (Lipinski definition) is 3. The molecule has 0 bridgehead atoms. The highest BCUT2D eigenvalue weighted by Gasteiger charge is 2.20. The Bertz CT molecular complexity index is 465. The quantitative estimate of drug-likeness (QED) is 0.608. The van der Waals surface area contributed by atoms with Crippen molar-refractivity contribution in [1.29, 1.82) is 0 Å². The molecule has 1 heterocycles. The van der Waals surface area contributed by atoms with Crippen molar-refractivity contribution < 1.29 is 4.79 Å². The van der Waals surface area contributed by atoms with Gasteiger partial charge in [-0.3, -0.25) is 4.79 Å². The molecular formula is C14H19ClN2O. The van der Waals surface area contributed by atoms with Gasteiger partial charge < -0.3 is 4.90 Å². The summed E-state index contributed by atoms with van der Waals surface area (Å²) in [5.41, 5.74) is 4.26. The average Bonchev–Trinajstić information content (AvgIpc) is 2.33. The second-order valence-electron chi connectivity index (χ2n) is 4.91. The second-order valence-corrected chi connectivity index (χ2v) is 5.38. The van der Waals surface area contributed by atoms with Crippen molar-refractivity contribution in [2.75, 3.05) is 31.1 Å². The standard InChI is InChI=1S/C14H19ClN2O/c1-10-8-13(12(3)18)14(9-11(10)2)16-4-6-17(15)7-5-16/h8-9H,4-7H2,1-3H3. The summed E-state index contributed by atoms with van der Waals surface area (Å²) in [4.78, 5) is 14.0. The van der Waals surface area contributed by atoms with E-state index in [0.29, 0.717) is 0 Å². The van der Waals surface area contributed by atoms with Gasteiger partial charge in [-0.2, -0.15) is 0 Å². The summed E-state index contributed by atoms with van der Waals surface area (Å²) in [5.74, 6) is 0.126. The van der Waals surface area contributed by atoms with Gasteiger partial charge in [0.25, 0.3) is 0 Å². The highest BCUT2D eigenvalue weighted by Crippen LogP contribution is 2.26. The van der Waals surface area contributed by atoms with Gasteiger partial charge in [0.05, 0.1) is 0 Å². The first-order valence-corrected chi connectivity index (χ1v) is 6.60. The van der Waals surface area contributed by atoms with E-state index in [1.807, 2.05) is 13.0 Å². The monoisotopic (exact) mass is 266 g/mol. The molecule has 0 spiro atoms. The first-order chi connectivity index (χ1) is 8.49. The molecule has 98 valence electrons. The topological polar surface area (TPSA) is 23.6 Å². The van der Waals surface area contributed by atoms with Crippen molar-refractivity contribution in [3.05, 3.63) is 28.8 Å². The Balaban J connectivity index is 2.36. The Kier molecular flexibility index (Phi) is 3.93. The van der Waals surface area contributed by atoms with Crippen molar-refractivity contribution in [3.8, 4) is 0 Å². The van der Waals surface area contributed by atoms with Crippen LogP contribution in [0.25, 0.3) is 0 Å². The lowest BCUT2D eigenvalue weighted by molar-refractivity contribution is 0.101. The van der Waals surface area contributed by atoms with Crippen LogP contribution >= 0.6 is 11.8 Å². The summed E-state index contributed by atoms with van der Waals surface area (Å²) in [7, 11) is 0. The number of carbonyl (C=O) groups is 1. The van der Waals surface area contributed by atoms with Gasteiger partial charge in [-0.05, 0) is 55.8 Å². The fraction of sp³-hybridized carbons (Fsp3) is 0.500. The van der Waals surface area contributed by atoms with E-state index in [1.54, 1.807) is 11.3 Å². The van der Waals surface area contributed by atoms with Crippen LogP contribution in [0.4, 0.5) is 5.69 Å². The molecular weight excluding hydrogens is 248 g/mol. The molecule has 4 heteroatoms. The van der Waals surface area contributed by atoms with Gasteiger partial charge in [-0.25, -0.2) is 4.42 Å². The van der Waals surface area contributed by atoms with Gasteiger partial charge in [0, 0.05) is 37.4 Å². The smallest absolute Gasteiger partial charge is 0.161 e. The van der Waals surface area contributed by atoms with Gasteiger partial charge in [-0.1, -0.05) is 0 Å². The number of carbonyl (C=O) groups excluding carboxylic acids is 1. The molecule has 2 rings (SSSR count). The molecule has 1 aromatic carbocycles. The fourth-order valence-corrected chi connectivity index (χ4v) is 2.42. The van der Waals surface area contributed by atoms with E-state index < -0.39 is 0 Å². The van der Waals surface area contributed by atoms with E-state index in [1.165, 1.54) is 11.1 Å². The lowest BCUT2D eigenvalue weighted by Crippen LogP contribution is -2.43. The third kappa shape index (κ3) is 2.68. The van der Waals surface area contributed by atoms with Crippen molar-refractivity contribution in [2.24, 2.45) is 0 Å². The Morgan fingerprint density at radius 2 is 1.67 bits per heavy atom. The molecule has 0 unspecified atom stereocenters.